The standard InChI is InChI=1S/C10H14N2/c1-2-8-4-6-12-7-5-11-9(3-1)10(8)12/h1,3-4,6,8-11H,2,5,7H2. The molecule has 3 rings (SSSR count). The maximum absolute atomic E-state index is 3.55. The Kier molecular flexibility index (Phi) is 1.32. The Labute approximate surface area is 72.9 Å². The SMILES string of the molecule is C1=CC2NCCN3C=CC(C1)C23. The molecule has 0 bridgehead atoms. The van der Waals surface area contributed by atoms with Crippen LogP contribution in [0.3, 0.4) is 0 Å². The van der Waals surface area contributed by atoms with Crippen molar-refractivity contribution in [2.24, 2.45) is 5.92 Å². The van der Waals surface area contributed by atoms with Crippen LogP contribution in [-0.4, -0.2) is 30.1 Å². The van der Waals surface area contributed by atoms with Crippen molar-refractivity contribution < 1.29 is 0 Å². The van der Waals surface area contributed by atoms with Gasteiger partial charge in [-0.15, -0.1) is 0 Å². The molecule has 3 unspecified atom stereocenters. The topological polar surface area (TPSA) is 15.3 Å². The second kappa shape index (κ2) is 2.36. The quantitative estimate of drug-likeness (QED) is 0.528. The van der Waals surface area contributed by atoms with Gasteiger partial charge in [-0.2, -0.15) is 0 Å². The van der Waals surface area contributed by atoms with E-state index < -0.39 is 0 Å². The molecule has 12 heavy (non-hydrogen) atoms. The number of nitrogens with zero attached hydrogens (tertiary/aromatic N) is 1. The molecule has 2 heteroatoms. The van der Waals surface area contributed by atoms with Crippen LogP contribution in [0.25, 0.3) is 0 Å². The molecule has 0 radical (unpaired) electrons. The van der Waals surface area contributed by atoms with Crippen LogP contribution in [-0.2, 0) is 0 Å². The molecule has 0 amide bonds. The van der Waals surface area contributed by atoms with Gasteiger partial charge in [0.1, 0.15) is 0 Å². The average Bonchev–Trinajstić information content (AvgIpc) is 2.52. The van der Waals surface area contributed by atoms with Gasteiger partial charge in [0.25, 0.3) is 0 Å². The fraction of sp³-hybridized carbons (Fsp3) is 0.600. The number of allylic oxidation sites excluding steroid dienone is 1. The zero-order valence-electron chi connectivity index (χ0n) is 7.11. The fourth-order valence-electron chi connectivity index (χ4n) is 2.64. The van der Waals surface area contributed by atoms with Crippen molar-refractivity contribution in [1.82, 2.24) is 10.2 Å². The number of hydrogen-bond donors (Lipinski definition) is 1. The van der Waals surface area contributed by atoms with Gasteiger partial charge < -0.3 is 10.2 Å². The molecule has 2 heterocycles. The van der Waals surface area contributed by atoms with Crippen molar-refractivity contribution in [2.75, 3.05) is 13.1 Å². The highest BCUT2D eigenvalue weighted by Crippen LogP contribution is 2.32. The predicted molar refractivity (Wildman–Crippen MR) is 48.7 cm³/mol. The molecule has 0 aromatic carbocycles. The van der Waals surface area contributed by atoms with E-state index >= 15 is 0 Å². The zero-order valence-corrected chi connectivity index (χ0v) is 7.11. The summed E-state index contributed by atoms with van der Waals surface area (Å²) in [6.07, 6.45) is 10.5. The molecule has 3 aliphatic rings. The summed E-state index contributed by atoms with van der Waals surface area (Å²) in [5, 5.41) is 3.55. The summed E-state index contributed by atoms with van der Waals surface area (Å²) in [6.45, 7) is 2.31. The van der Waals surface area contributed by atoms with Gasteiger partial charge in [-0.05, 0) is 12.6 Å². The summed E-state index contributed by atoms with van der Waals surface area (Å²) in [4.78, 5) is 2.50. The van der Waals surface area contributed by atoms with E-state index in [1.54, 1.807) is 0 Å². The van der Waals surface area contributed by atoms with Crippen LogP contribution < -0.4 is 5.32 Å². The molecule has 2 aliphatic heterocycles. The van der Waals surface area contributed by atoms with Crippen LogP contribution in [0.15, 0.2) is 24.4 Å². The van der Waals surface area contributed by atoms with Gasteiger partial charge in [0.15, 0.2) is 0 Å². The molecule has 0 saturated carbocycles. The third-order valence-electron chi connectivity index (χ3n) is 3.22. The van der Waals surface area contributed by atoms with Crippen LogP contribution in [0.1, 0.15) is 6.42 Å². The van der Waals surface area contributed by atoms with E-state index in [1.165, 1.54) is 13.0 Å². The Hall–Kier alpha value is -0.760. The lowest BCUT2D eigenvalue weighted by atomic mass is 9.86. The zero-order chi connectivity index (χ0) is 7.97. The minimum Gasteiger partial charge on any atom is -0.371 e. The number of piperazine rings is 1. The summed E-state index contributed by atoms with van der Waals surface area (Å²) < 4.78 is 0. The summed E-state index contributed by atoms with van der Waals surface area (Å²) in [7, 11) is 0. The van der Waals surface area contributed by atoms with E-state index in [2.05, 4.69) is 34.6 Å². The first kappa shape index (κ1) is 6.72. The molecule has 0 aromatic rings. The third kappa shape index (κ3) is 0.787. The second-order valence-electron chi connectivity index (χ2n) is 3.88. The Balaban J connectivity index is 1.95. The molecule has 3 atom stereocenters. The van der Waals surface area contributed by atoms with E-state index in [0.717, 1.165) is 18.5 Å². The Morgan fingerprint density at radius 3 is 3.33 bits per heavy atom. The number of rotatable bonds is 0. The lowest BCUT2D eigenvalue weighted by Crippen LogP contribution is -2.56. The van der Waals surface area contributed by atoms with Gasteiger partial charge in [-0.1, -0.05) is 18.2 Å². The molecule has 1 aliphatic carbocycles. The smallest absolute Gasteiger partial charge is 0.0540 e. The average molecular weight is 162 g/mol. The summed E-state index contributed by atoms with van der Waals surface area (Å²) in [5.41, 5.74) is 0. The Morgan fingerprint density at radius 1 is 1.33 bits per heavy atom. The largest absolute Gasteiger partial charge is 0.371 e. The monoisotopic (exact) mass is 162 g/mol. The van der Waals surface area contributed by atoms with Crippen molar-refractivity contribution in [3.63, 3.8) is 0 Å². The van der Waals surface area contributed by atoms with Crippen LogP contribution in [0.5, 0.6) is 0 Å². The molecule has 0 aromatic heterocycles. The Morgan fingerprint density at radius 2 is 2.33 bits per heavy atom. The van der Waals surface area contributed by atoms with Crippen LogP contribution in [0, 0.1) is 5.92 Å². The highest BCUT2D eigenvalue weighted by Gasteiger charge is 2.37. The predicted octanol–water partition coefficient (Wildman–Crippen LogP) is 0.732. The van der Waals surface area contributed by atoms with Gasteiger partial charge in [0.05, 0.1) is 6.04 Å². The van der Waals surface area contributed by atoms with Gasteiger partial charge in [-0.25, -0.2) is 0 Å². The minimum atomic E-state index is 0.604. The molecule has 1 saturated heterocycles. The lowest BCUT2D eigenvalue weighted by Gasteiger charge is -2.41. The molecule has 0 spiro atoms. The van der Waals surface area contributed by atoms with E-state index in [1.807, 2.05) is 0 Å². The molecule has 1 fully saturated rings. The highest BCUT2D eigenvalue weighted by molar-refractivity contribution is 5.19. The van der Waals surface area contributed by atoms with E-state index in [-0.39, 0.29) is 0 Å². The molecular weight excluding hydrogens is 148 g/mol. The van der Waals surface area contributed by atoms with Crippen molar-refractivity contribution in [3.8, 4) is 0 Å². The normalized spacial score (nSPS) is 43.3. The molecule has 64 valence electrons. The van der Waals surface area contributed by atoms with E-state index in [0.29, 0.717) is 6.04 Å². The minimum absolute atomic E-state index is 0.604. The first-order chi connectivity index (χ1) is 5.95. The van der Waals surface area contributed by atoms with Gasteiger partial charge in [-0.3, -0.25) is 0 Å². The van der Waals surface area contributed by atoms with Crippen molar-refractivity contribution >= 4 is 0 Å². The van der Waals surface area contributed by atoms with Gasteiger partial charge in [0.2, 0.25) is 0 Å². The first-order valence-corrected chi connectivity index (χ1v) is 4.79. The van der Waals surface area contributed by atoms with Crippen LogP contribution in [0.2, 0.25) is 0 Å². The molecular formula is C10H14N2. The Bertz CT molecular complexity index is 244. The van der Waals surface area contributed by atoms with E-state index in [9.17, 15) is 0 Å². The summed E-state index contributed by atoms with van der Waals surface area (Å²) >= 11 is 0. The first-order valence-electron chi connectivity index (χ1n) is 4.79. The van der Waals surface area contributed by atoms with E-state index in [4.69, 9.17) is 0 Å². The molecule has 1 N–H and O–H groups in total. The van der Waals surface area contributed by atoms with Crippen molar-refractivity contribution in [2.45, 2.75) is 18.5 Å². The number of nitrogens with one attached hydrogen (secondary N) is 1. The van der Waals surface area contributed by atoms with Gasteiger partial charge >= 0.3 is 0 Å². The van der Waals surface area contributed by atoms with Crippen molar-refractivity contribution in [3.05, 3.63) is 24.4 Å². The fourth-order valence-corrected chi connectivity index (χ4v) is 2.64. The maximum atomic E-state index is 3.55. The molecule has 2 nitrogen and oxygen atoms in total. The third-order valence-corrected chi connectivity index (χ3v) is 3.22. The lowest BCUT2D eigenvalue weighted by molar-refractivity contribution is 0.173. The highest BCUT2D eigenvalue weighted by atomic mass is 15.2. The van der Waals surface area contributed by atoms with Crippen molar-refractivity contribution in [1.29, 1.82) is 0 Å². The number of hydrogen-bond acceptors (Lipinski definition) is 2. The van der Waals surface area contributed by atoms with Gasteiger partial charge in [0, 0.05) is 25.0 Å². The summed E-state index contributed by atoms with van der Waals surface area (Å²) in [6, 6.07) is 1.33. The summed E-state index contributed by atoms with van der Waals surface area (Å²) in [5.74, 6) is 0.771. The second-order valence-corrected chi connectivity index (χ2v) is 3.88. The maximum Gasteiger partial charge on any atom is 0.0540 e. The van der Waals surface area contributed by atoms with Crippen LogP contribution in [0.4, 0.5) is 0 Å². The van der Waals surface area contributed by atoms with Crippen LogP contribution >= 0.6 is 0 Å².